The minimum absolute atomic E-state index is 0.152. The molecule has 0 radical (unpaired) electrons. The number of methoxy groups -OCH3 is 1. The molecule has 144 valence electrons. The molecule has 1 atom stereocenters. The molecule has 0 bridgehead atoms. The molecule has 1 unspecified atom stereocenters. The number of carbonyl (C=O) groups is 1. The van der Waals surface area contributed by atoms with E-state index in [4.69, 9.17) is 63.4 Å². The summed E-state index contributed by atoms with van der Waals surface area (Å²) in [5.41, 5.74) is 1.02. The quantitative estimate of drug-likeness (QED) is 0.337. The lowest BCUT2D eigenvalue weighted by Gasteiger charge is -2.27. The van der Waals surface area contributed by atoms with Crippen LogP contribution >= 0.6 is 58.6 Å². The lowest BCUT2D eigenvalue weighted by molar-refractivity contribution is 0.0934. The normalized spacial score (nSPS) is 12.0. The molecule has 2 aromatic rings. The third-order valence-corrected chi connectivity index (χ3v) is 4.44. The highest BCUT2D eigenvalue weighted by Crippen LogP contribution is 2.29. The van der Waals surface area contributed by atoms with Crippen molar-refractivity contribution in [3.8, 4) is 5.75 Å². The van der Waals surface area contributed by atoms with Crippen molar-refractivity contribution < 1.29 is 9.53 Å². The molecule has 0 saturated carbocycles. The van der Waals surface area contributed by atoms with Crippen LogP contribution in [0.2, 0.25) is 5.02 Å². The van der Waals surface area contributed by atoms with Crippen LogP contribution in [0.3, 0.4) is 0 Å². The van der Waals surface area contributed by atoms with Crippen LogP contribution < -0.4 is 20.7 Å². The minimum atomic E-state index is -1.86. The number of anilines is 1. The Morgan fingerprint density at radius 3 is 2.37 bits per heavy atom. The van der Waals surface area contributed by atoms with Gasteiger partial charge < -0.3 is 20.7 Å². The molecule has 0 aliphatic heterocycles. The van der Waals surface area contributed by atoms with E-state index in [1.165, 1.54) is 7.11 Å². The average molecular weight is 467 g/mol. The molecule has 0 spiro atoms. The average Bonchev–Trinajstić information content (AvgIpc) is 2.62. The van der Waals surface area contributed by atoms with Crippen molar-refractivity contribution in [3.63, 3.8) is 0 Å². The number of benzene rings is 2. The summed E-state index contributed by atoms with van der Waals surface area (Å²) in [5, 5.41) is 9.03. The largest absolute Gasteiger partial charge is 0.497 e. The summed E-state index contributed by atoms with van der Waals surface area (Å²) < 4.78 is 3.24. The number of carbonyl (C=O) groups excluding carboxylic acids is 1. The van der Waals surface area contributed by atoms with Crippen LogP contribution in [0, 0.1) is 0 Å². The predicted molar refractivity (Wildman–Crippen MR) is 115 cm³/mol. The SMILES string of the molecule is COc1cccc(C(=O)NC(NC(=S)Nc2ccc(Cl)cc2)C(Cl)(Cl)Cl)c1. The van der Waals surface area contributed by atoms with Crippen molar-refractivity contribution in [1.29, 1.82) is 0 Å². The Labute approximate surface area is 182 Å². The van der Waals surface area contributed by atoms with E-state index in [-0.39, 0.29) is 5.11 Å². The van der Waals surface area contributed by atoms with E-state index < -0.39 is 15.9 Å². The predicted octanol–water partition coefficient (Wildman–Crippen LogP) is 4.76. The third kappa shape index (κ3) is 6.90. The molecule has 0 aromatic heterocycles. The monoisotopic (exact) mass is 465 g/mol. The fourth-order valence-corrected chi connectivity index (χ4v) is 2.70. The van der Waals surface area contributed by atoms with Gasteiger partial charge in [0.1, 0.15) is 11.9 Å². The molecule has 3 N–H and O–H groups in total. The van der Waals surface area contributed by atoms with E-state index in [1.54, 1.807) is 48.5 Å². The van der Waals surface area contributed by atoms with E-state index in [1.807, 2.05) is 0 Å². The Hall–Kier alpha value is -1.44. The first-order chi connectivity index (χ1) is 12.7. The number of alkyl halides is 3. The smallest absolute Gasteiger partial charge is 0.253 e. The molecule has 0 aliphatic carbocycles. The number of thiocarbonyl (C=S) groups is 1. The number of ether oxygens (including phenoxy) is 1. The number of nitrogens with one attached hydrogen (secondary N) is 3. The Morgan fingerprint density at radius 2 is 1.78 bits per heavy atom. The van der Waals surface area contributed by atoms with Crippen molar-refractivity contribution in [2.45, 2.75) is 9.96 Å². The number of rotatable bonds is 5. The van der Waals surface area contributed by atoms with Crippen molar-refractivity contribution in [3.05, 3.63) is 59.1 Å². The fourth-order valence-electron chi connectivity index (χ4n) is 2.01. The van der Waals surface area contributed by atoms with Crippen molar-refractivity contribution in [2.24, 2.45) is 0 Å². The summed E-state index contributed by atoms with van der Waals surface area (Å²) >= 11 is 29.0. The van der Waals surface area contributed by atoms with Gasteiger partial charge in [-0.3, -0.25) is 4.79 Å². The van der Waals surface area contributed by atoms with Crippen molar-refractivity contribution in [1.82, 2.24) is 10.6 Å². The number of hydrogen-bond donors (Lipinski definition) is 3. The van der Waals surface area contributed by atoms with Gasteiger partial charge in [-0.1, -0.05) is 52.5 Å². The molecule has 10 heteroatoms. The highest BCUT2D eigenvalue weighted by molar-refractivity contribution is 7.80. The maximum Gasteiger partial charge on any atom is 0.253 e. The van der Waals surface area contributed by atoms with Gasteiger partial charge in [-0.25, -0.2) is 0 Å². The van der Waals surface area contributed by atoms with Crippen LogP contribution in [0.5, 0.6) is 5.75 Å². The lowest BCUT2D eigenvalue weighted by Crippen LogP contribution is -2.56. The van der Waals surface area contributed by atoms with E-state index in [0.29, 0.717) is 22.0 Å². The second kappa shape index (κ2) is 9.66. The number of halogens is 4. The third-order valence-electron chi connectivity index (χ3n) is 3.31. The Morgan fingerprint density at radius 1 is 1.11 bits per heavy atom. The maximum atomic E-state index is 12.5. The van der Waals surface area contributed by atoms with Gasteiger partial charge in [-0.15, -0.1) is 0 Å². The van der Waals surface area contributed by atoms with Gasteiger partial charge in [0.15, 0.2) is 5.11 Å². The summed E-state index contributed by atoms with van der Waals surface area (Å²) in [6.07, 6.45) is -1.09. The van der Waals surface area contributed by atoms with E-state index >= 15 is 0 Å². The maximum absolute atomic E-state index is 12.5. The van der Waals surface area contributed by atoms with E-state index in [9.17, 15) is 4.79 Å². The van der Waals surface area contributed by atoms with Gasteiger partial charge in [0.05, 0.1) is 7.11 Å². The summed E-state index contributed by atoms with van der Waals surface area (Å²) in [7, 11) is 1.50. The van der Waals surface area contributed by atoms with Gasteiger partial charge in [0, 0.05) is 16.3 Å². The molecular formula is C17H15Cl4N3O2S. The minimum Gasteiger partial charge on any atom is -0.497 e. The standard InChI is InChI=1S/C17H15Cl4N3O2S/c1-26-13-4-2-3-10(9-13)14(25)23-15(17(19,20)21)24-16(27)22-12-7-5-11(18)6-8-12/h2-9,15H,1H3,(H,23,25)(H2,22,24,27). The van der Waals surface area contributed by atoms with E-state index in [0.717, 1.165) is 0 Å². The summed E-state index contributed by atoms with van der Waals surface area (Å²) in [4.78, 5) is 12.5. The van der Waals surface area contributed by atoms with Crippen LogP contribution in [0.4, 0.5) is 5.69 Å². The topological polar surface area (TPSA) is 62.4 Å². The van der Waals surface area contributed by atoms with Crippen LogP contribution in [-0.2, 0) is 0 Å². The Balaban J connectivity index is 2.07. The summed E-state index contributed by atoms with van der Waals surface area (Å²) in [6, 6.07) is 13.4. The molecule has 1 amide bonds. The number of hydrogen-bond acceptors (Lipinski definition) is 3. The molecule has 2 aromatic carbocycles. The van der Waals surface area contributed by atoms with Gasteiger partial charge in [-0.05, 0) is 54.7 Å². The second-order valence-electron chi connectivity index (χ2n) is 5.29. The van der Waals surface area contributed by atoms with Gasteiger partial charge in [0.25, 0.3) is 5.91 Å². The van der Waals surface area contributed by atoms with Crippen LogP contribution in [-0.4, -0.2) is 28.1 Å². The van der Waals surface area contributed by atoms with E-state index in [2.05, 4.69) is 16.0 Å². The molecule has 0 heterocycles. The van der Waals surface area contributed by atoms with Crippen LogP contribution in [0.1, 0.15) is 10.4 Å². The zero-order valence-corrected chi connectivity index (χ0v) is 17.8. The molecule has 0 fully saturated rings. The van der Waals surface area contributed by atoms with Crippen molar-refractivity contribution in [2.75, 3.05) is 12.4 Å². The van der Waals surface area contributed by atoms with Gasteiger partial charge in [0.2, 0.25) is 3.79 Å². The molecule has 0 saturated heterocycles. The lowest BCUT2D eigenvalue weighted by atomic mass is 10.2. The summed E-state index contributed by atoms with van der Waals surface area (Å²) in [5.74, 6) is 0.0630. The van der Waals surface area contributed by atoms with Crippen molar-refractivity contribution >= 4 is 75.3 Å². The first kappa shape index (κ1) is 21.9. The summed E-state index contributed by atoms with van der Waals surface area (Å²) in [6.45, 7) is 0. The van der Waals surface area contributed by atoms with Crippen LogP contribution in [0.15, 0.2) is 48.5 Å². The zero-order valence-electron chi connectivity index (χ0n) is 13.9. The highest BCUT2D eigenvalue weighted by Gasteiger charge is 2.35. The molecular weight excluding hydrogens is 452 g/mol. The molecule has 27 heavy (non-hydrogen) atoms. The zero-order chi connectivity index (χ0) is 20.0. The Bertz CT molecular complexity index is 813. The van der Waals surface area contributed by atoms with Gasteiger partial charge >= 0.3 is 0 Å². The highest BCUT2D eigenvalue weighted by atomic mass is 35.6. The molecule has 5 nitrogen and oxygen atoms in total. The second-order valence-corrected chi connectivity index (χ2v) is 8.50. The number of amides is 1. The molecule has 2 rings (SSSR count). The first-order valence-corrected chi connectivity index (χ1v) is 9.46. The fraction of sp³-hybridized carbons (Fsp3) is 0.176. The van der Waals surface area contributed by atoms with Crippen LogP contribution in [0.25, 0.3) is 0 Å². The first-order valence-electron chi connectivity index (χ1n) is 7.54. The van der Waals surface area contributed by atoms with Gasteiger partial charge in [-0.2, -0.15) is 0 Å². The molecule has 0 aliphatic rings. The Kier molecular flexibility index (Phi) is 7.82.